The van der Waals surface area contributed by atoms with Crippen molar-refractivity contribution in [2.24, 2.45) is 0 Å². The van der Waals surface area contributed by atoms with Crippen LogP contribution in [0.1, 0.15) is 60.8 Å². The molecule has 178 valence electrons. The molecule has 2 atom stereocenters. The second-order valence-corrected chi connectivity index (χ2v) is 8.96. The van der Waals surface area contributed by atoms with E-state index in [1.54, 1.807) is 36.3 Å². The van der Waals surface area contributed by atoms with E-state index in [-0.39, 0.29) is 23.7 Å². The van der Waals surface area contributed by atoms with Crippen molar-refractivity contribution in [3.63, 3.8) is 0 Å². The number of likely N-dealkylation sites (N-methyl/N-ethyl adjacent to an activating group) is 2. The molecule has 0 aliphatic carbocycles. The largest absolute Gasteiger partial charge is 0.494 e. The second-order valence-electron chi connectivity index (χ2n) is 8.96. The van der Waals surface area contributed by atoms with Gasteiger partial charge in [0, 0.05) is 26.5 Å². The van der Waals surface area contributed by atoms with E-state index in [4.69, 9.17) is 9.47 Å². The SMILES string of the molecule is C[C@H]1C(=O)N(C)C=Cc2cc(OCCCCOc3ccc4c(c3)C=CN(C)C(=O)[C@@H]4C)ccc21. The average molecular weight is 461 g/mol. The number of fused-ring (bicyclic) bond motifs is 2. The van der Waals surface area contributed by atoms with Crippen LogP contribution < -0.4 is 9.47 Å². The van der Waals surface area contributed by atoms with E-state index in [1.165, 1.54) is 0 Å². The number of benzene rings is 2. The fourth-order valence-electron chi connectivity index (χ4n) is 4.35. The molecule has 0 fully saturated rings. The molecule has 0 aromatic heterocycles. The molecule has 0 radical (unpaired) electrons. The highest BCUT2D eigenvalue weighted by molar-refractivity contribution is 5.88. The number of rotatable bonds is 7. The maximum Gasteiger partial charge on any atom is 0.233 e. The first-order valence-corrected chi connectivity index (χ1v) is 11.8. The molecule has 0 N–H and O–H groups in total. The topological polar surface area (TPSA) is 59.1 Å². The van der Waals surface area contributed by atoms with Gasteiger partial charge in [-0.15, -0.1) is 0 Å². The number of carbonyl (C=O) groups excluding carboxylic acids is 2. The Morgan fingerprint density at radius 3 is 1.53 bits per heavy atom. The molecule has 6 nitrogen and oxygen atoms in total. The predicted molar refractivity (Wildman–Crippen MR) is 134 cm³/mol. The van der Waals surface area contributed by atoms with Crippen molar-refractivity contribution in [1.82, 2.24) is 9.80 Å². The summed E-state index contributed by atoms with van der Waals surface area (Å²) in [5, 5.41) is 0. The molecule has 34 heavy (non-hydrogen) atoms. The summed E-state index contributed by atoms with van der Waals surface area (Å²) in [5.41, 5.74) is 4.08. The molecule has 6 heteroatoms. The standard InChI is InChI=1S/C28H32N2O4/c1-19-25-9-7-23(17-21(25)11-13-29(3)27(19)31)33-15-5-6-16-34-24-8-10-26-20(2)28(32)30(4)14-12-22(26)18-24/h7-14,17-20H,5-6,15-16H2,1-4H3/t19-,20-/m1/s1. The van der Waals surface area contributed by atoms with Crippen molar-refractivity contribution in [3.05, 3.63) is 71.1 Å². The van der Waals surface area contributed by atoms with E-state index in [9.17, 15) is 9.59 Å². The van der Waals surface area contributed by atoms with Crippen LogP contribution in [0, 0.1) is 0 Å². The van der Waals surface area contributed by atoms with E-state index >= 15 is 0 Å². The summed E-state index contributed by atoms with van der Waals surface area (Å²) in [6.07, 6.45) is 9.27. The van der Waals surface area contributed by atoms with Crippen LogP contribution in [0.3, 0.4) is 0 Å². The maximum absolute atomic E-state index is 12.3. The fourth-order valence-corrected chi connectivity index (χ4v) is 4.35. The van der Waals surface area contributed by atoms with Crippen molar-refractivity contribution in [2.75, 3.05) is 27.3 Å². The van der Waals surface area contributed by atoms with Gasteiger partial charge in [-0.1, -0.05) is 12.1 Å². The van der Waals surface area contributed by atoms with E-state index < -0.39 is 0 Å². The minimum atomic E-state index is -0.172. The van der Waals surface area contributed by atoms with Crippen molar-refractivity contribution in [2.45, 2.75) is 38.5 Å². The first-order valence-electron chi connectivity index (χ1n) is 11.8. The third-order valence-corrected chi connectivity index (χ3v) is 6.52. The lowest BCUT2D eigenvalue weighted by Gasteiger charge is -2.17. The number of nitrogens with zero attached hydrogens (tertiary/aromatic N) is 2. The summed E-state index contributed by atoms with van der Waals surface area (Å²) < 4.78 is 11.9. The molecule has 0 spiro atoms. The normalized spacial score (nSPS) is 19.4. The molecule has 0 bridgehead atoms. The molecule has 2 amide bonds. The minimum Gasteiger partial charge on any atom is -0.494 e. The van der Waals surface area contributed by atoms with Gasteiger partial charge in [-0.05, 0) is 85.4 Å². The van der Waals surface area contributed by atoms with Crippen molar-refractivity contribution in [1.29, 1.82) is 0 Å². The minimum absolute atomic E-state index is 0.0875. The van der Waals surface area contributed by atoms with Crippen LogP contribution in [-0.2, 0) is 9.59 Å². The summed E-state index contributed by atoms with van der Waals surface area (Å²) in [4.78, 5) is 27.9. The number of ether oxygens (including phenoxy) is 2. The van der Waals surface area contributed by atoms with Crippen LogP contribution in [0.5, 0.6) is 11.5 Å². The van der Waals surface area contributed by atoms with Crippen molar-refractivity contribution < 1.29 is 19.1 Å². The quantitative estimate of drug-likeness (QED) is 0.545. The molecule has 2 aromatic rings. The highest BCUT2D eigenvalue weighted by Gasteiger charge is 2.24. The van der Waals surface area contributed by atoms with Gasteiger partial charge in [0.2, 0.25) is 11.8 Å². The zero-order valence-corrected chi connectivity index (χ0v) is 20.3. The van der Waals surface area contributed by atoms with Gasteiger partial charge in [-0.3, -0.25) is 9.59 Å². The lowest BCUT2D eigenvalue weighted by atomic mass is 9.95. The van der Waals surface area contributed by atoms with Crippen LogP contribution in [0.2, 0.25) is 0 Å². The number of hydrogen-bond donors (Lipinski definition) is 0. The first kappa shape index (κ1) is 23.6. The number of carbonyl (C=O) groups is 2. The molecule has 2 aromatic carbocycles. The number of unbranched alkanes of at least 4 members (excludes halogenated alkanes) is 1. The fraction of sp³-hybridized carbons (Fsp3) is 0.357. The monoisotopic (exact) mass is 460 g/mol. The Labute approximate surface area is 201 Å². The van der Waals surface area contributed by atoms with E-state index in [0.29, 0.717) is 13.2 Å². The van der Waals surface area contributed by atoms with Crippen LogP contribution >= 0.6 is 0 Å². The van der Waals surface area contributed by atoms with Crippen molar-refractivity contribution >= 4 is 24.0 Å². The molecular weight excluding hydrogens is 428 g/mol. The van der Waals surface area contributed by atoms with Crippen LogP contribution in [-0.4, -0.2) is 48.9 Å². The van der Waals surface area contributed by atoms with Gasteiger partial charge in [0.1, 0.15) is 11.5 Å². The summed E-state index contributed by atoms with van der Waals surface area (Å²) >= 11 is 0. The van der Waals surface area contributed by atoms with Gasteiger partial charge in [0.15, 0.2) is 0 Å². The summed E-state index contributed by atoms with van der Waals surface area (Å²) in [6, 6.07) is 11.8. The maximum atomic E-state index is 12.3. The van der Waals surface area contributed by atoms with Crippen LogP contribution in [0.25, 0.3) is 12.2 Å². The zero-order chi connectivity index (χ0) is 24.2. The molecule has 0 saturated heterocycles. The Morgan fingerprint density at radius 2 is 1.12 bits per heavy atom. The highest BCUT2D eigenvalue weighted by Crippen LogP contribution is 2.30. The Balaban J connectivity index is 1.26. The second kappa shape index (κ2) is 10.2. The molecular formula is C28H32N2O4. The molecule has 2 aliphatic heterocycles. The molecule has 0 unspecified atom stereocenters. The third-order valence-electron chi connectivity index (χ3n) is 6.52. The van der Waals surface area contributed by atoms with Gasteiger partial charge in [0.25, 0.3) is 0 Å². The third kappa shape index (κ3) is 5.01. The van der Waals surface area contributed by atoms with E-state index in [1.807, 2.05) is 62.4 Å². The van der Waals surface area contributed by atoms with Crippen LogP contribution in [0.4, 0.5) is 0 Å². The summed E-state index contributed by atoms with van der Waals surface area (Å²) in [5.74, 6) is 1.44. The van der Waals surface area contributed by atoms with Gasteiger partial charge in [-0.2, -0.15) is 0 Å². The highest BCUT2D eigenvalue weighted by atomic mass is 16.5. The average Bonchev–Trinajstić information content (AvgIpc) is 3.02. The Hall–Kier alpha value is -3.54. The van der Waals surface area contributed by atoms with E-state index in [0.717, 1.165) is 46.6 Å². The molecule has 0 saturated carbocycles. The first-order chi connectivity index (χ1) is 16.3. The van der Waals surface area contributed by atoms with Gasteiger partial charge < -0.3 is 19.3 Å². The smallest absolute Gasteiger partial charge is 0.233 e. The van der Waals surface area contributed by atoms with Crippen molar-refractivity contribution in [3.8, 4) is 11.5 Å². The number of hydrogen-bond acceptors (Lipinski definition) is 4. The summed E-state index contributed by atoms with van der Waals surface area (Å²) in [6.45, 7) is 5.06. The lowest BCUT2D eigenvalue weighted by molar-refractivity contribution is -0.129. The summed E-state index contributed by atoms with van der Waals surface area (Å²) in [7, 11) is 3.56. The Bertz CT molecular complexity index is 1050. The van der Waals surface area contributed by atoms with Gasteiger partial charge in [-0.25, -0.2) is 0 Å². The Morgan fingerprint density at radius 1 is 0.706 bits per heavy atom. The number of amides is 2. The lowest BCUT2D eigenvalue weighted by Crippen LogP contribution is -2.24. The van der Waals surface area contributed by atoms with Gasteiger partial charge in [0.05, 0.1) is 25.0 Å². The van der Waals surface area contributed by atoms with E-state index in [2.05, 4.69) is 0 Å². The zero-order valence-electron chi connectivity index (χ0n) is 20.3. The van der Waals surface area contributed by atoms with Gasteiger partial charge >= 0.3 is 0 Å². The molecule has 2 aliphatic rings. The molecule has 2 heterocycles. The predicted octanol–water partition coefficient (Wildman–Crippen LogP) is 5.02. The molecule has 4 rings (SSSR count). The van der Waals surface area contributed by atoms with Crippen LogP contribution in [0.15, 0.2) is 48.8 Å². The Kier molecular flexibility index (Phi) is 7.06.